The highest BCUT2D eigenvalue weighted by Gasteiger charge is 2.41. The van der Waals surface area contributed by atoms with Crippen LogP contribution in [0.3, 0.4) is 0 Å². The second-order valence-electron chi connectivity index (χ2n) is 9.86. The molecule has 8 nitrogen and oxygen atoms in total. The van der Waals surface area contributed by atoms with Crippen molar-refractivity contribution in [3.63, 3.8) is 0 Å². The normalized spacial score (nSPS) is 20.5. The lowest BCUT2D eigenvalue weighted by molar-refractivity contribution is -0.148. The van der Waals surface area contributed by atoms with Crippen molar-refractivity contribution in [2.75, 3.05) is 18.0 Å². The van der Waals surface area contributed by atoms with Crippen LogP contribution in [0, 0.1) is 0 Å². The van der Waals surface area contributed by atoms with Crippen molar-refractivity contribution >= 4 is 29.4 Å². The molecule has 3 atom stereocenters. The summed E-state index contributed by atoms with van der Waals surface area (Å²) in [6.45, 7) is 0.253. The molecule has 39 heavy (non-hydrogen) atoms. The lowest BCUT2D eigenvalue weighted by Gasteiger charge is -2.29. The first-order chi connectivity index (χ1) is 19.0. The summed E-state index contributed by atoms with van der Waals surface area (Å²) in [5, 5.41) is 5.80. The summed E-state index contributed by atoms with van der Waals surface area (Å²) in [6.07, 6.45) is 0.663. The van der Waals surface area contributed by atoms with Crippen LogP contribution in [0.2, 0.25) is 0 Å². The average Bonchev–Trinajstić information content (AvgIpc) is 3.36. The third-order valence-electron chi connectivity index (χ3n) is 7.24. The number of rotatable bonds is 8. The molecule has 2 N–H and O–H groups in total. The van der Waals surface area contributed by atoms with Crippen molar-refractivity contribution in [2.24, 2.45) is 0 Å². The number of carbonyl (C=O) groups is 4. The monoisotopic (exact) mass is 525 g/mol. The van der Waals surface area contributed by atoms with E-state index in [4.69, 9.17) is 4.74 Å². The van der Waals surface area contributed by atoms with Gasteiger partial charge < -0.3 is 20.3 Å². The van der Waals surface area contributed by atoms with Crippen LogP contribution in [0.5, 0.6) is 0 Å². The van der Waals surface area contributed by atoms with E-state index >= 15 is 0 Å². The van der Waals surface area contributed by atoms with Crippen LogP contribution >= 0.6 is 0 Å². The van der Waals surface area contributed by atoms with E-state index in [0.717, 1.165) is 16.7 Å². The maximum absolute atomic E-state index is 14.2. The molecule has 200 valence electrons. The molecular formula is C31H31N3O5. The molecule has 1 saturated heterocycles. The number of hydrogen-bond donors (Lipinski definition) is 2. The molecule has 3 aromatic rings. The molecule has 2 aliphatic heterocycles. The van der Waals surface area contributed by atoms with Crippen LogP contribution in [0.4, 0.5) is 5.69 Å². The molecule has 5 rings (SSSR count). The largest absolute Gasteiger partial charge is 0.452 e. The van der Waals surface area contributed by atoms with Gasteiger partial charge in [0.1, 0.15) is 12.6 Å². The number of para-hydroxylation sites is 1. The minimum Gasteiger partial charge on any atom is -0.452 e. The maximum atomic E-state index is 14.2. The number of anilines is 1. The van der Waals surface area contributed by atoms with E-state index in [0.29, 0.717) is 25.1 Å². The first-order valence-electron chi connectivity index (χ1n) is 13.2. The number of carbonyl (C=O) groups excluding carboxylic acids is 4. The van der Waals surface area contributed by atoms with Crippen LogP contribution in [-0.4, -0.2) is 48.9 Å². The smallest absolute Gasteiger partial charge is 0.306 e. The molecule has 8 heteroatoms. The van der Waals surface area contributed by atoms with E-state index < -0.39 is 24.0 Å². The second-order valence-corrected chi connectivity index (χ2v) is 9.86. The molecule has 0 unspecified atom stereocenters. The van der Waals surface area contributed by atoms with Crippen molar-refractivity contribution in [1.29, 1.82) is 0 Å². The van der Waals surface area contributed by atoms with Crippen LogP contribution in [0.1, 0.15) is 35.4 Å². The zero-order valence-electron chi connectivity index (χ0n) is 21.5. The van der Waals surface area contributed by atoms with Crippen molar-refractivity contribution < 1.29 is 23.9 Å². The first kappa shape index (κ1) is 26.2. The Morgan fingerprint density at radius 3 is 2.31 bits per heavy atom. The predicted molar refractivity (Wildman–Crippen MR) is 146 cm³/mol. The topological polar surface area (TPSA) is 105 Å². The van der Waals surface area contributed by atoms with Crippen LogP contribution in [0.15, 0.2) is 84.9 Å². The molecule has 2 aliphatic rings. The Morgan fingerprint density at radius 2 is 1.59 bits per heavy atom. The number of benzene rings is 3. The van der Waals surface area contributed by atoms with Gasteiger partial charge in [-0.3, -0.25) is 19.2 Å². The highest BCUT2D eigenvalue weighted by Crippen LogP contribution is 2.35. The molecular weight excluding hydrogens is 494 g/mol. The zero-order valence-corrected chi connectivity index (χ0v) is 21.5. The minimum atomic E-state index is -0.955. The van der Waals surface area contributed by atoms with Gasteiger partial charge in [0.15, 0.2) is 6.10 Å². The molecule has 0 spiro atoms. The van der Waals surface area contributed by atoms with Gasteiger partial charge in [0, 0.05) is 31.0 Å². The summed E-state index contributed by atoms with van der Waals surface area (Å²) in [7, 11) is 0. The Kier molecular flexibility index (Phi) is 8.01. The number of ether oxygens (including phenoxy) is 1. The van der Waals surface area contributed by atoms with E-state index in [1.165, 1.54) is 4.90 Å². The summed E-state index contributed by atoms with van der Waals surface area (Å²) in [4.78, 5) is 53.4. The SMILES string of the molecule is O=C(CN1C(=O)[C@H](NC(=O)[C@@H]2CCC(=O)O2)[C@@H](c2ccccc2)Cc2ccccc21)NCCc1ccccc1. The van der Waals surface area contributed by atoms with Gasteiger partial charge >= 0.3 is 5.97 Å². The third-order valence-corrected chi connectivity index (χ3v) is 7.24. The Bertz CT molecular complexity index is 1340. The maximum Gasteiger partial charge on any atom is 0.306 e. The van der Waals surface area contributed by atoms with Crippen LogP contribution in [0.25, 0.3) is 0 Å². The molecule has 0 aliphatic carbocycles. The summed E-state index contributed by atoms with van der Waals surface area (Å²) < 4.78 is 5.17. The Labute approximate surface area is 227 Å². The zero-order chi connectivity index (χ0) is 27.2. The number of cyclic esters (lactones) is 1. The van der Waals surface area contributed by atoms with Gasteiger partial charge in [-0.05, 0) is 35.6 Å². The molecule has 2 heterocycles. The first-order valence-corrected chi connectivity index (χ1v) is 13.2. The molecule has 3 aromatic carbocycles. The third kappa shape index (κ3) is 6.17. The van der Waals surface area contributed by atoms with E-state index in [1.807, 2.05) is 84.9 Å². The Hall–Kier alpha value is -4.46. The van der Waals surface area contributed by atoms with Gasteiger partial charge in [0.05, 0.1) is 0 Å². The minimum absolute atomic E-state index is 0.166. The number of amides is 3. The molecule has 0 saturated carbocycles. The van der Waals surface area contributed by atoms with Gasteiger partial charge in [0.2, 0.25) is 5.91 Å². The summed E-state index contributed by atoms with van der Waals surface area (Å²) in [5.41, 5.74) is 3.55. The summed E-state index contributed by atoms with van der Waals surface area (Å²) in [6, 6.07) is 26.0. The summed E-state index contributed by atoms with van der Waals surface area (Å²) >= 11 is 0. The van der Waals surface area contributed by atoms with Gasteiger partial charge in [-0.15, -0.1) is 0 Å². The number of hydrogen-bond acceptors (Lipinski definition) is 5. The van der Waals surface area contributed by atoms with Gasteiger partial charge in [-0.1, -0.05) is 78.9 Å². The predicted octanol–water partition coefficient (Wildman–Crippen LogP) is 2.91. The number of nitrogens with one attached hydrogen (secondary N) is 2. The Balaban J connectivity index is 1.40. The number of fused-ring (bicyclic) bond motifs is 1. The second kappa shape index (κ2) is 11.9. The molecule has 0 bridgehead atoms. The molecule has 3 amide bonds. The van der Waals surface area contributed by atoms with Crippen LogP contribution < -0.4 is 15.5 Å². The Morgan fingerprint density at radius 1 is 0.897 bits per heavy atom. The highest BCUT2D eigenvalue weighted by molar-refractivity contribution is 6.05. The molecule has 0 radical (unpaired) electrons. The lowest BCUT2D eigenvalue weighted by atomic mass is 9.86. The van der Waals surface area contributed by atoms with Crippen LogP contribution in [-0.2, 0) is 36.8 Å². The standard InChI is InChI=1S/C31H31N3O5/c35-27(32-18-17-21-9-3-1-4-10-21)20-34-25-14-8-7-13-23(25)19-24(22-11-5-2-6-12-22)29(31(34)38)33-30(37)26-15-16-28(36)39-26/h1-14,24,26,29H,15-20H2,(H,32,35)(H,33,37)/t24-,26+,29-/m1/s1. The lowest BCUT2D eigenvalue weighted by Crippen LogP contribution is -2.54. The van der Waals surface area contributed by atoms with E-state index in [9.17, 15) is 19.2 Å². The fraction of sp³-hybridized carbons (Fsp3) is 0.290. The highest BCUT2D eigenvalue weighted by atomic mass is 16.6. The van der Waals surface area contributed by atoms with Crippen molar-refractivity contribution in [3.05, 3.63) is 102 Å². The fourth-order valence-electron chi connectivity index (χ4n) is 5.24. The van der Waals surface area contributed by atoms with Gasteiger partial charge in [-0.25, -0.2) is 0 Å². The number of nitrogens with zero attached hydrogens (tertiary/aromatic N) is 1. The van der Waals surface area contributed by atoms with Gasteiger partial charge in [0.25, 0.3) is 11.8 Å². The average molecular weight is 526 g/mol. The summed E-state index contributed by atoms with van der Waals surface area (Å²) in [5.74, 6) is -1.99. The van der Waals surface area contributed by atoms with Gasteiger partial charge in [-0.2, -0.15) is 0 Å². The van der Waals surface area contributed by atoms with E-state index in [-0.39, 0.29) is 37.1 Å². The fourth-order valence-corrected chi connectivity index (χ4v) is 5.24. The number of esters is 1. The van der Waals surface area contributed by atoms with Crippen molar-refractivity contribution in [2.45, 2.75) is 43.7 Å². The van der Waals surface area contributed by atoms with E-state index in [1.54, 1.807) is 0 Å². The van der Waals surface area contributed by atoms with E-state index in [2.05, 4.69) is 10.6 Å². The molecule has 1 fully saturated rings. The van der Waals surface area contributed by atoms with Crippen molar-refractivity contribution in [3.8, 4) is 0 Å². The molecule has 0 aromatic heterocycles. The van der Waals surface area contributed by atoms with Crippen molar-refractivity contribution in [1.82, 2.24) is 10.6 Å². The quantitative estimate of drug-likeness (QED) is 0.440.